The van der Waals surface area contributed by atoms with Crippen molar-refractivity contribution in [1.29, 1.82) is 0 Å². The summed E-state index contributed by atoms with van der Waals surface area (Å²) in [6.07, 6.45) is 0. The Hall–Kier alpha value is -4.46. The molecule has 0 radical (unpaired) electrons. The Morgan fingerprint density at radius 3 is 2.38 bits per heavy atom. The number of methoxy groups -OCH3 is 3. The Morgan fingerprint density at radius 2 is 1.62 bits per heavy atom. The molecule has 3 heterocycles. The number of rotatable bonds is 6. The Bertz CT molecular complexity index is 1590. The van der Waals surface area contributed by atoms with Gasteiger partial charge in [-0.15, -0.1) is 0 Å². The van der Waals surface area contributed by atoms with Gasteiger partial charge in [-0.2, -0.15) is 0 Å². The third kappa shape index (κ3) is 3.66. The van der Waals surface area contributed by atoms with Crippen molar-refractivity contribution in [1.82, 2.24) is 14.8 Å². The summed E-state index contributed by atoms with van der Waals surface area (Å²) >= 11 is 0. The number of carbonyl (C=O) groups is 2. The van der Waals surface area contributed by atoms with E-state index >= 15 is 0 Å². The lowest BCUT2D eigenvalue weighted by Crippen LogP contribution is -2.67. The van der Waals surface area contributed by atoms with Crippen LogP contribution in [0.25, 0.3) is 10.9 Å². The standard InChI is InChI=1S/C31H31N3O5/c1-31-29-27(21-11-6-7-13-23(21)32-29)22(20-12-9-15-25(38-3)28(20)39-4)17-34(31)26(35)18-33(30(31)36)16-19-10-5-8-14-24(19)37-2/h5-15,22,32H,16-18H2,1-4H3/t22-,31-/m0/s1. The zero-order valence-electron chi connectivity index (χ0n) is 22.5. The van der Waals surface area contributed by atoms with Crippen LogP contribution in [0.5, 0.6) is 17.2 Å². The summed E-state index contributed by atoms with van der Waals surface area (Å²) in [5.74, 6) is 1.46. The van der Waals surface area contributed by atoms with E-state index in [0.717, 1.165) is 33.3 Å². The van der Waals surface area contributed by atoms with Gasteiger partial charge in [0, 0.05) is 41.0 Å². The highest BCUT2D eigenvalue weighted by molar-refractivity contribution is 6.01. The van der Waals surface area contributed by atoms with Gasteiger partial charge < -0.3 is 29.0 Å². The first kappa shape index (κ1) is 24.9. The molecule has 0 spiro atoms. The summed E-state index contributed by atoms with van der Waals surface area (Å²) in [6.45, 7) is 2.46. The number of fused-ring (bicyclic) bond motifs is 5. The first-order valence-electron chi connectivity index (χ1n) is 13.0. The second-order valence-electron chi connectivity index (χ2n) is 10.1. The van der Waals surface area contributed by atoms with Crippen LogP contribution in [0, 0.1) is 0 Å². The molecule has 2 atom stereocenters. The summed E-state index contributed by atoms with van der Waals surface area (Å²) in [5.41, 5.74) is 3.20. The van der Waals surface area contributed by atoms with Crippen LogP contribution in [-0.2, 0) is 21.7 Å². The second-order valence-corrected chi connectivity index (χ2v) is 10.1. The van der Waals surface area contributed by atoms with E-state index in [1.807, 2.05) is 67.6 Å². The number of hydrogen-bond donors (Lipinski definition) is 1. The molecule has 0 saturated carbocycles. The lowest BCUT2D eigenvalue weighted by molar-refractivity contribution is -0.167. The molecular weight excluding hydrogens is 494 g/mol. The predicted molar refractivity (Wildman–Crippen MR) is 147 cm³/mol. The maximum absolute atomic E-state index is 14.4. The highest BCUT2D eigenvalue weighted by Gasteiger charge is 2.56. The maximum atomic E-state index is 14.4. The molecule has 200 valence electrons. The number of benzene rings is 3. The number of nitrogens with zero attached hydrogens (tertiary/aromatic N) is 2. The lowest BCUT2D eigenvalue weighted by Gasteiger charge is -2.51. The van der Waals surface area contributed by atoms with Crippen molar-refractivity contribution >= 4 is 22.7 Å². The van der Waals surface area contributed by atoms with Crippen LogP contribution in [0.4, 0.5) is 0 Å². The number of H-pyrrole nitrogens is 1. The third-order valence-corrected chi connectivity index (χ3v) is 8.18. The van der Waals surface area contributed by atoms with Crippen LogP contribution in [0.15, 0.2) is 66.7 Å². The zero-order valence-corrected chi connectivity index (χ0v) is 22.5. The van der Waals surface area contributed by atoms with E-state index in [-0.39, 0.29) is 30.8 Å². The minimum atomic E-state index is -1.20. The molecular formula is C31H31N3O5. The summed E-state index contributed by atoms with van der Waals surface area (Å²) in [6, 6.07) is 21.4. The molecule has 4 aromatic rings. The largest absolute Gasteiger partial charge is 0.496 e. The van der Waals surface area contributed by atoms with E-state index in [2.05, 4.69) is 11.1 Å². The molecule has 0 bridgehead atoms. The van der Waals surface area contributed by atoms with Gasteiger partial charge in [0.15, 0.2) is 17.0 Å². The average Bonchev–Trinajstić information content (AvgIpc) is 3.36. The van der Waals surface area contributed by atoms with E-state index in [1.165, 1.54) is 0 Å². The van der Waals surface area contributed by atoms with Gasteiger partial charge in [0.05, 0.1) is 27.0 Å². The molecule has 1 N–H and O–H groups in total. The third-order valence-electron chi connectivity index (χ3n) is 8.18. The van der Waals surface area contributed by atoms with E-state index in [4.69, 9.17) is 14.2 Å². The summed E-state index contributed by atoms with van der Waals surface area (Å²) < 4.78 is 16.9. The molecule has 1 saturated heterocycles. The number of nitrogens with one attached hydrogen (secondary N) is 1. The molecule has 39 heavy (non-hydrogen) atoms. The monoisotopic (exact) mass is 525 g/mol. The average molecular weight is 526 g/mol. The number of hydrogen-bond acceptors (Lipinski definition) is 5. The molecule has 1 fully saturated rings. The van der Waals surface area contributed by atoms with Gasteiger partial charge in [-0.1, -0.05) is 48.5 Å². The molecule has 2 aliphatic heterocycles. The van der Waals surface area contributed by atoms with Crippen LogP contribution in [0.3, 0.4) is 0 Å². The second kappa shape index (κ2) is 9.38. The number of amides is 2. The molecule has 2 aliphatic rings. The number of aromatic nitrogens is 1. The van der Waals surface area contributed by atoms with Crippen molar-refractivity contribution in [2.45, 2.75) is 24.9 Å². The Kier molecular flexibility index (Phi) is 5.98. The highest BCUT2D eigenvalue weighted by atomic mass is 16.5. The minimum absolute atomic E-state index is 0.00992. The fourth-order valence-corrected chi connectivity index (χ4v) is 6.31. The number of piperazine rings is 1. The van der Waals surface area contributed by atoms with Crippen molar-refractivity contribution < 1.29 is 23.8 Å². The van der Waals surface area contributed by atoms with Gasteiger partial charge in [-0.25, -0.2) is 0 Å². The van der Waals surface area contributed by atoms with Crippen LogP contribution in [0.2, 0.25) is 0 Å². The number of ether oxygens (including phenoxy) is 3. The van der Waals surface area contributed by atoms with Crippen LogP contribution >= 0.6 is 0 Å². The molecule has 8 nitrogen and oxygen atoms in total. The number of para-hydroxylation sites is 3. The van der Waals surface area contributed by atoms with E-state index in [0.29, 0.717) is 23.8 Å². The molecule has 2 amide bonds. The zero-order chi connectivity index (χ0) is 27.3. The Morgan fingerprint density at radius 1 is 0.897 bits per heavy atom. The summed E-state index contributed by atoms with van der Waals surface area (Å²) in [5, 5.41) is 1.02. The van der Waals surface area contributed by atoms with E-state index in [1.54, 1.807) is 31.1 Å². The van der Waals surface area contributed by atoms with Crippen LogP contribution < -0.4 is 14.2 Å². The van der Waals surface area contributed by atoms with Gasteiger partial charge in [-0.3, -0.25) is 9.59 Å². The normalized spacial score (nSPS) is 20.6. The van der Waals surface area contributed by atoms with Crippen molar-refractivity contribution in [3.8, 4) is 17.2 Å². The molecule has 0 aliphatic carbocycles. The minimum Gasteiger partial charge on any atom is -0.496 e. The molecule has 1 aromatic heterocycles. The number of aromatic amines is 1. The van der Waals surface area contributed by atoms with Crippen molar-refractivity contribution in [3.05, 3.63) is 89.1 Å². The predicted octanol–water partition coefficient (Wildman–Crippen LogP) is 4.43. The fourth-order valence-electron chi connectivity index (χ4n) is 6.31. The van der Waals surface area contributed by atoms with Gasteiger partial charge in [0.25, 0.3) is 5.91 Å². The molecule has 6 rings (SSSR count). The fraction of sp³-hybridized carbons (Fsp3) is 0.290. The van der Waals surface area contributed by atoms with Gasteiger partial charge in [0.1, 0.15) is 12.3 Å². The van der Waals surface area contributed by atoms with Crippen LogP contribution in [-0.4, -0.2) is 61.0 Å². The van der Waals surface area contributed by atoms with Crippen molar-refractivity contribution in [3.63, 3.8) is 0 Å². The molecule has 0 unspecified atom stereocenters. The Labute approximate surface area is 227 Å². The van der Waals surface area contributed by atoms with E-state index in [9.17, 15) is 9.59 Å². The van der Waals surface area contributed by atoms with Crippen molar-refractivity contribution in [2.75, 3.05) is 34.4 Å². The van der Waals surface area contributed by atoms with Crippen molar-refractivity contribution in [2.24, 2.45) is 0 Å². The quantitative estimate of drug-likeness (QED) is 0.403. The first-order valence-corrected chi connectivity index (χ1v) is 13.0. The summed E-state index contributed by atoms with van der Waals surface area (Å²) in [4.78, 5) is 35.1. The van der Waals surface area contributed by atoms with Gasteiger partial charge in [0.2, 0.25) is 5.91 Å². The van der Waals surface area contributed by atoms with Gasteiger partial charge >= 0.3 is 0 Å². The first-order chi connectivity index (χ1) is 18.9. The highest BCUT2D eigenvalue weighted by Crippen LogP contribution is 2.50. The Balaban J connectivity index is 1.52. The molecule has 3 aromatic carbocycles. The lowest BCUT2D eigenvalue weighted by atomic mass is 9.76. The van der Waals surface area contributed by atoms with Gasteiger partial charge in [-0.05, 0) is 30.7 Å². The topological polar surface area (TPSA) is 84.1 Å². The summed E-state index contributed by atoms with van der Waals surface area (Å²) in [7, 11) is 4.84. The van der Waals surface area contributed by atoms with E-state index < -0.39 is 5.54 Å². The maximum Gasteiger partial charge on any atom is 0.255 e. The SMILES string of the molecule is COc1ccccc1CN1CC(=O)N2C[C@@H](c3cccc(OC)c3OC)c3c([nH]c4ccccc34)[C@@]2(C)C1=O. The number of carbonyl (C=O) groups excluding carboxylic acids is 2. The van der Waals surface area contributed by atoms with Crippen LogP contribution in [0.1, 0.15) is 35.2 Å². The smallest absolute Gasteiger partial charge is 0.255 e. The molecule has 8 heteroatoms.